The zero-order chi connectivity index (χ0) is 47.0. The summed E-state index contributed by atoms with van der Waals surface area (Å²) in [5.41, 5.74) is 8.57. The number of carbonyl (C=O) groups excluding carboxylic acids is 2. The molecule has 0 saturated heterocycles. The first-order chi connectivity index (χ1) is 33.5. The van der Waals surface area contributed by atoms with Crippen LogP contribution in [0.3, 0.4) is 0 Å². The van der Waals surface area contributed by atoms with Gasteiger partial charge in [-0.3, -0.25) is 9.59 Å². The molecular weight excluding hydrogens is 869 g/mol. The van der Waals surface area contributed by atoms with Crippen molar-refractivity contribution in [3.05, 3.63) is 168 Å². The fourth-order valence-corrected chi connectivity index (χ4v) is 13.0. The van der Waals surface area contributed by atoms with E-state index in [0.717, 1.165) is 61.0 Å². The molecule has 0 aliphatic rings. The molecule has 4 nitrogen and oxygen atoms in total. The number of aldehydes is 2. The van der Waals surface area contributed by atoms with Crippen LogP contribution < -0.4 is 9.80 Å². The summed E-state index contributed by atoms with van der Waals surface area (Å²) in [5, 5.41) is 9.87. The molecule has 9 aromatic rings. The maximum atomic E-state index is 11.9. The van der Waals surface area contributed by atoms with E-state index in [1.54, 1.807) is 0 Å². The van der Waals surface area contributed by atoms with Gasteiger partial charge >= 0.3 is 0 Å². The number of anilines is 6. The number of hydrogen-bond donors (Lipinski definition) is 0. The van der Waals surface area contributed by atoms with Crippen LogP contribution in [0.1, 0.15) is 124 Å². The summed E-state index contributed by atoms with van der Waals surface area (Å²) < 4.78 is 2.78. The van der Waals surface area contributed by atoms with Crippen LogP contribution in [0, 0.1) is 11.8 Å². The Hall–Kier alpha value is -6.08. The van der Waals surface area contributed by atoms with Crippen LogP contribution in [0.2, 0.25) is 0 Å². The Kier molecular flexibility index (Phi) is 15.1. The summed E-state index contributed by atoms with van der Waals surface area (Å²) in [7, 11) is 0. The van der Waals surface area contributed by atoms with Crippen molar-refractivity contribution >= 4 is 110 Å². The molecule has 2 unspecified atom stereocenters. The van der Waals surface area contributed by atoms with Gasteiger partial charge in [-0.15, -0.1) is 22.7 Å². The van der Waals surface area contributed by atoms with Crippen molar-refractivity contribution in [3.8, 4) is 0 Å². The van der Waals surface area contributed by atoms with Crippen LogP contribution in [-0.2, 0) is 12.8 Å². The van der Waals surface area contributed by atoms with E-state index in [1.165, 1.54) is 114 Å². The van der Waals surface area contributed by atoms with Crippen molar-refractivity contribution in [2.24, 2.45) is 11.8 Å². The van der Waals surface area contributed by atoms with Gasteiger partial charge in [-0.25, -0.2) is 0 Å². The van der Waals surface area contributed by atoms with Gasteiger partial charge < -0.3 is 9.80 Å². The average molecular weight is 933 g/mol. The van der Waals surface area contributed by atoms with Gasteiger partial charge in [0.1, 0.15) is 22.6 Å². The summed E-state index contributed by atoms with van der Waals surface area (Å²) in [4.78, 5) is 28.8. The van der Waals surface area contributed by atoms with Crippen molar-refractivity contribution in [1.82, 2.24) is 0 Å². The van der Waals surface area contributed by atoms with Gasteiger partial charge in [-0.1, -0.05) is 152 Å². The molecule has 0 amide bonds. The van der Waals surface area contributed by atoms with E-state index in [9.17, 15) is 9.59 Å². The molecule has 0 aliphatic heterocycles. The number of carbonyl (C=O) groups is 2. The lowest BCUT2D eigenvalue weighted by atomic mass is 9.88. The highest BCUT2D eigenvalue weighted by Gasteiger charge is 2.27. The first kappa shape index (κ1) is 47.0. The average Bonchev–Trinajstić information content (AvgIpc) is 4.03. The molecule has 2 heterocycles. The van der Waals surface area contributed by atoms with Crippen molar-refractivity contribution in [3.63, 3.8) is 0 Å². The fourth-order valence-electron chi connectivity index (χ4n) is 10.4. The molecule has 6 heteroatoms. The zero-order valence-electron chi connectivity index (χ0n) is 40.2. The number of benzene rings is 7. The quantitative estimate of drug-likeness (QED) is 0.0635. The minimum absolute atomic E-state index is 0.660. The molecule has 0 spiro atoms. The number of aryl methyl sites for hydroxylation is 2. The maximum Gasteiger partial charge on any atom is 0.150 e. The summed E-state index contributed by atoms with van der Waals surface area (Å²) in [6, 6.07) is 51.8. The van der Waals surface area contributed by atoms with Gasteiger partial charge in [-0.05, 0) is 143 Å². The second kappa shape index (κ2) is 21.9. The Balaban J connectivity index is 1.32. The molecule has 9 rings (SSSR count). The van der Waals surface area contributed by atoms with Crippen LogP contribution in [0.5, 0.6) is 0 Å². The molecule has 2 atom stereocenters. The van der Waals surface area contributed by atoms with Crippen LogP contribution in [-0.4, -0.2) is 12.6 Å². The summed E-state index contributed by atoms with van der Waals surface area (Å²) >= 11 is 3.86. The highest BCUT2D eigenvalue weighted by molar-refractivity contribution is 7.25. The number of nitrogens with zero attached hydrogens (tertiary/aromatic N) is 2. The van der Waals surface area contributed by atoms with Crippen molar-refractivity contribution < 1.29 is 9.59 Å². The number of unbranched alkanes of at least 4 members (excludes halogenated alkanes) is 2. The van der Waals surface area contributed by atoms with Crippen LogP contribution in [0.25, 0.3) is 41.7 Å². The highest BCUT2D eigenvalue weighted by atomic mass is 32.1. The van der Waals surface area contributed by atoms with Crippen molar-refractivity contribution in [2.75, 3.05) is 9.80 Å². The lowest BCUT2D eigenvalue weighted by Gasteiger charge is -2.25. The second-order valence-corrected chi connectivity index (χ2v) is 20.7. The number of rotatable bonds is 22. The van der Waals surface area contributed by atoms with Crippen LogP contribution in [0.15, 0.2) is 146 Å². The van der Waals surface area contributed by atoms with Gasteiger partial charge in [0.2, 0.25) is 0 Å². The first-order valence-corrected chi connectivity index (χ1v) is 26.8. The summed E-state index contributed by atoms with van der Waals surface area (Å²) in [5.74, 6) is 1.32. The summed E-state index contributed by atoms with van der Waals surface area (Å²) in [6.45, 7) is 9.37. The molecule has 7 aromatic carbocycles. The smallest absolute Gasteiger partial charge is 0.150 e. The third-order valence-electron chi connectivity index (χ3n) is 14.4. The monoisotopic (exact) mass is 932 g/mol. The Labute approximate surface area is 411 Å². The third-order valence-corrected chi connectivity index (χ3v) is 16.7. The first-order valence-electron chi connectivity index (χ1n) is 25.1. The molecule has 0 fully saturated rings. The van der Waals surface area contributed by atoms with E-state index in [0.29, 0.717) is 23.0 Å². The molecule has 0 bridgehead atoms. The van der Waals surface area contributed by atoms with Crippen molar-refractivity contribution in [1.29, 1.82) is 0 Å². The summed E-state index contributed by atoms with van der Waals surface area (Å²) in [6.07, 6.45) is 16.0. The minimum Gasteiger partial charge on any atom is -0.301 e. The van der Waals surface area contributed by atoms with Crippen molar-refractivity contribution in [2.45, 2.75) is 105 Å². The Morgan fingerprint density at radius 3 is 1.24 bits per heavy atom. The third kappa shape index (κ3) is 9.77. The van der Waals surface area contributed by atoms with E-state index in [-0.39, 0.29) is 0 Å². The Bertz CT molecular complexity index is 2870. The number of fused-ring (bicyclic) bond motifs is 4. The Morgan fingerprint density at radius 1 is 0.456 bits per heavy atom. The predicted molar refractivity (Wildman–Crippen MR) is 296 cm³/mol. The molecule has 2 aromatic heterocycles. The number of hydrogen-bond acceptors (Lipinski definition) is 6. The van der Waals surface area contributed by atoms with Crippen LogP contribution >= 0.6 is 22.7 Å². The molecule has 346 valence electrons. The van der Waals surface area contributed by atoms with Gasteiger partial charge in [0, 0.05) is 42.7 Å². The number of thiophene rings is 2. The van der Waals surface area contributed by atoms with Gasteiger partial charge in [0.15, 0.2) is 0 Å². The molecule has 0 aliphatic carbocycles. The SMILES string of the molecule is CCCCC(CC)CCc1c2cc(N(c3ccc(C=O)cc3)c3cccc4ccccc34)sc2c(CCC(CC)CCCC)c2cc(N(c3ccc(C=O)cc3)c3cccc4ccccc34)sc12. The lowest BCUT2D eigenvalue weighted by Crippen LogP contribution is -2.09. The normalized spacial score (nSPS) is 12.5. The van der Waals surface area contributed by atoms with E-state index >= 15 is 0 Å². The van der Waals surface area contributed by atoms with E-state index < -0.39 is 0 Å². The largest absolute Gasteiger partial charge is 0.301 e. The molecule has 0 saturated carbocycles. The van der Waals surface area contributed by atoms with Gasteiger partial charge in [-0.2, -0.15) is 0 Å². The van der Waals surface area contributed by atoms with Gasteiger partial charge in [0.05, 0.1) is 11.4 Å². The standard InChI is InChI=1S/C62H64N2O2S2/c1-5-9-17-43(7-3)31-37-53-55-39-59(63(49-33-27-45(41-65)28-34-49)57-25-15-21-47-19-11-13-23-51(47)57)68-62(55)54(38-32-44(8-4)18-10-6-2)56-40-60(67-61(53)56)64(50-35-29-46(42-66)30-36-50)58-26-16-22-48-20-12-14-24-52(48)58/h11-16,19-30,33-36,39-44H,5-10,17-18,31-32,37-38H2,1-4H3. The minimum atomic E-state index is 0.660. The van der Waals surface area contributed by atoms with E-state index in [1.807, 2.05) is 46.9 Å². The molecule has 0 N–H and O–H groups in total. The fraction of sp³-hybridized carbons (Fsp3) is 0.290. The molecular formula is C62H64N2O2S2. The van der Waals surface area contributed by atoms with Crippen LogP contribution in [0.4, 0.5) is 32.8 Å². The van der Waals surface area contributed by atoms with Gasteiger partial charge in [0.25, 0.3) is 0 Å². The van der Waals surface area contributed by atoms with E-state index in [2.05, 4.69) is 159 Å². The lowest BCUT2D eigenvalue weighted by molar-refractivity contribution is 0.111. The Morgan fingerprint density at radius 2 is 0.853 bits per heavy atom. The predicted octanol–water partition coefficient (Wildman–Crippen LogP) is 19.3. The topological polar surface area (TPSA) is 40.6 Å². The van der Waals surface area contributed by atoms with E-state index in [4.69, 9.17) is 0 Å². The molecule has 68 heavy (non-hydrogen) atoms. The molecule has 0 radical (unpaired) electrons. The highest BCUT2D eigenvalue weighted by Crippen LogP contribution is 2.52. The zero-order valence-corrected chi connectivity index (χ0v) is 41.8. The maximum absolute atomic E-state index is 11.9. The second-order valence-electron chi connectivity index (χ2n) is 18.6.